The van der Waals surface area contributed by atoms with E-state index in [0.717, 1.165) is 6.42 Å². The summed E-state index contributed by atoms with van der Waals surface area (Å²) in [5.74, 6) is -0.0635. The molecular formula is C12H22N2O2. The van der Waals surface area contributed by atoms with E-state index in [9.17, 15) is 9.59 Å². The van der Waals surface area contributed by atoms with Crippen molar-refractivity contribution < 1.29 is 9.59 Å². The first-order valence-corrected chi connectivity index (χ1v) is 5.99. The second-order valence-electron chi connectivity index (χ2n) is 5.06. The molecule has 92 valence electrons. The molecule has 1 saturated heterocycles. The zero-order chi connectivity index (χ0) is 12.3. The van der Waals surface area contributed by atoms with Crippen LogP contribution in [0.15, 0.2) is 0 Å². The topological polar surface area (TPSA) is 49.4 Å². The van der Waals surface area contributed by atoms with Gasteiger partial charge in [-0.1, -0.05) is 6.92 Å². The van der Waals surface area contributed by atoms with Crippen LogP contribution in [0.2, 0.25) is 0 Å². The third-order valence-electron chi connectivity index (χ3n) is 3.31. The maximum Gasteiger partial charge on any atom is 0.225 e. The van der Waals surface area contributed by atoms with Crippen molar-refractivity contribution in [1.29, 1.82) is 0 Å². The van der Waals surface area contributed by atoms with Gasteiger partial charge in [-0.05, 0) is 27.2 Å². The van der Waals surface area contributed by atoms with E-state index < -0.39 is 0 Å². The number of carbonyl (C=O) groups is 2. The molecule has 1 N–H and O–H groups in total. The van der Waals surface area contributed by atoms with Crippen molar-refractivity contribution in [2.45, 2.75) is 46.1 Å². The van der Waals surface area contributed by atoms with E-state index in [1.54, 1.807) is 4.90 Å². The van der Waals surface area contributed by atoms with Gasteiger partial charge in [0.2, 0.25) is 11.8 Å². The van der Waals surface area contributed by atoms with Crippen LogP contribution in [0.25, 0.3) is 0 Å². The zero-order valence-corrected chi connectivity index (χ0v) is 10.7. The Bertz CT molecular complexity index is 287. The molecule has 0 aromatic heterocycles. The van der Waals surface area contributed by atoms with Gasteiger partial charge < -0.3 is 10.2 Å². The molecule has 2 amide bonds. The highest BCUT2D eigenvalue weighted by molar-refractivity contribution is 5.89. The summed E-state index contributed by atoms with van der Waals surface area (Å²) in [4.78, 5) is 25.2. The number of rotatable bonds is 4. The van der Waals surface area contributed by atoms with Gasteiger partial charge in [0.05, 0.1) is 5.92 Å². The molecule has 1 aliphatic heterocycles. The number of hydrogen-bond acceptors (Lipinski definition) is 2. The number of likely N-dealkylation sites (tertiary alicyclic amines) is 1. The molecular weight excluding hydrogens is 204 g/mol. The molecule has 1 atom stereocenters. The zero-order valence-electron chi connectivity index (χ0n) is 10.7. The van der Waals surface area contributed by atoms with Gasteiger partial charge in [-0.3, -0.25) is 9.59 Å². The molecule has 4 heteroatoms. The standard InChI is InChI=1S/C12H22N2O2/c1-5-12(3,4)13-11(16)9-7-10(15)14(6-2)8-9/h9H,5-8H2,1-4H3,(H,13,16)/t9-/m1/s1. The van der Waals surface area contributed by atoms with Crippen molar-refractivity contribution in [3.05, 3.63) is 0 Å². The lowest BCUT2D eigenvalue weighted by Crippen LogP contribution is -2.46. The van der Waals surface area contributed by atoms with E-state index >= 15 is 0 Å². The largest absolute Gasteiger partial charge is 0.351 e. The van der Waals surface area contributed by atoms with Crippen LogP contribution in [0.3, 0.4) is 0 Å². The molecule has 1 heterocycles. The van der Waals surface area contributed by atoms with E-state index in [2.05, 4.69) is 5.32 Å². The molecule has 1 aliphatic rings. The SMILES string of the molecule is CCN1C[C@H](C(=O)NC(C)(C)CC)CC1=O. The molecule has 0 aromatic rings. The second kappa shape index (κ2) is 4.85. The number of nitrogens with zero attached hydrogens (tertiary/aromatic N) is 1. The highest BCUT2D eigenvalue weighted by Crippen LogP contribution is 2.19. The summed E-state index contributed by atoms with van der Waals surface area (Å²) in [6, 6.07) is 0. The van der Waals surface area contributed by atoms with Crippen LogP contribution in [-0.2, 0) is 9.59 Å². The van der Waals surface area contributed by atoms with E-state index in [0.29, 0.717) is 19.5 Å². The average molecular weight is 226 g/mol. The predicted octanol–water partition coefficient (Wildman–Crippen LogP) is 1.16. The third kappa shape index (κ3) is 2.97. The molecule has 0 bridgehead atoms. The highest BCUT2D eigenvalue weighted by Gasteiger charge is 2.34. The van der Waals surface area contributed by atoms with Crippen molar-refractivity contribution in [3.8, 4) is 0 Å². The van der Waals surface area contributed by atoms with Crippen LogP contribution < -0.4 is 5.32 Å². The van der Waals surface area contributed by atoms with Gasteiger partial charge in [0.25, 0.3) is 0 Å². The number of carbonyl (C=O) groups excluding carboxylic acids is 2. The Balaban J connectivity index is 2.54. The minimum atomic E-state index is -0.181. The summed E-state index contributed by atoms with van der Waals surface area (Å²) in [5.41, 5.74) is -0.181. The molecule has 4 nitrogen and oxygen atoms in total. The lowest BCUT2D eigenvalue weighted by atomic mass is 9.99. The van der Waals surface area contributed by atoms with Crippen molar-refractivity contribution in [3.63, 3.8) is 0 Å². The Morgan fingerprint density at radius 3 is 2.56 bits per heavy atom. The Morgan fingerprint density at radius 2 is 2.12 bits per heavy atom. The summed E-state index contributed by atoms with van der Waals surface area (Å²) < 4.78 is 0. The molecule has 0 spiro atoms. The van der Waals surface area contributed by atoms with Crippen molar-refractivity contribution in [2.24, 2.45) is 5.92 Å². The predicted molar refractivity (Wildman–Crippen MR) is 62.9 cm³/mol. The smallest absolute Gasteiger partial charge is 0.225 e. The van der Waals surface area contributed by atoms with Crippen LogP contribution >= 0.6 is 0 Å². The van der Waals surface area contributed by atoms with Crippen LogP contribution in [0.4, 0.5) is 0 Å². The van der Waals surface area contributed by atoms with Crippen LogP contribution in [0, 0.1) is 5.92 Å². The minimum Gasteiger partial charge on any atom is -0.351 e. The van der Waals surface area contributed by atoms with Crippen molar-refractivity contribution in [2.75, 3.05) is 13.1 Å². The number of nitrogens with one attached hydrogen (secondary N) is 1. The Kier molecular flexibility index (Phi) is 3.94. The second-order valence-corrected chi connectivity index (χ2v) is 5.06. The first kappa shape index (κ1) is 13.0. The van der Waals surface area contributed by atoms with E-state index in [4.69, 9.17) is 0 Å². The maximum atomic E-state index is 11.9. The number of amides is 2. The van der Waals surface area contributed by atoms with Gasteiger partial charge in [0, 0.05) is 25.0 Å². The summed E-state index contributed by atoms with van der Waals surface area (Å²) >= 11 is 0. The maximum absolute atomic E-state index is 11.9. The molecule has 0 aromatic carbocycles. The van der Waals surface area contributed by atoms with Gasteiger partial charge in [0.1, 0.15) is 0 Å². The Hall–Kier alpha value is -1.06. The Labute approximate surface area is 97.4 Å². The molecule has 1 rings (SSSR count). The molecule has 0 unspecified atom stereocenters. The van der Waals surface area contributed by atoms with Gasteiger partial charge in [-0.2, -0.15) is 0 Å². The van der Waals surface area contributed by atoms with E-state index in [1.807, 2.05) is 27.7 Å². The Morgan fingerprint density at radius 1 is 1.50 bits per heavy atom. The molecule has 0 aliphatic carbocycles. The molecule has 0 radical (unpaired) electrons. The lowest BCUT2D eigenvalue weighted by molar-refractivity contribution is -0.129. The average Bonchev–Trinajstić information content (AvgIpc) is 2.59. The third-order valence-corrected chi connectivity index (χ3v) is 3.31. The monoisotopic (exact) mass is 226 g/mol. The fourth-order valence-corrected chi connectivity index (χ4v) is 1.78. The summed E-state index contributed by atoms with van der Waals surface area (Å²) in [7, 11) is 0. The quantitative estimate of drug-likeness (QED) is 0.782. The molecule has 0 saturated carbocycles. The summed E-state index contributed by atoms with van der Waals surface area (Å²) in [5, 5.41) is 3.00. The lowest BCUT2D eigenvalue weighted by Gasteiger charge is -2.26. The molecule has 16 heavy (non-hydrogen) atoms. The summed E-state index contributed by atoms with van der Waals surface area (Å²) in [6.45, 7) is 9.24. The van der Waals surface area contributed by atoms with E-state index in [1.165, 1.54) is 0 Å². The van der Waals surface area contributed by atoms with Crippen LogP contribution in [0.1, 0.15) is 40.5 Å². The first-order valence-electron chi connectivity index (χ1n) is 5.99. The minimum absolute atomic E-state index is 0.0103. The van der Waals surface area contributed by atoms with E-state index in [-0.39, 0.29) is 23.3 Å². The van der Waals surface area contributed by atoms with Gasteiger partial charge in [-0.25, -0.2) is 0 Å². The fourth-order valence-electron chi connectivity index (χ4n) is 1.78. The normalized spacial score (nSPS) is 21.4. The summed E-state index contributed by atoms with van der Waals surface area (Å²) in [6.07, 6.45) is 1.25. The van der Waals surface area contributed by atoms with Crippen molar-refractivity contribution >= 4 is 11.8 Å². The highest BCUT2D eigenvalue weighted by atomic mass is 16.2. The fraction of sp³-hybridized carbons (Fsp3) is 0.833. The van der Waals surface area contributed by atoms with Crippen molar-refractivity contribution in [1.82, 2.24) is 10.2 Å². The van der Waals surface area contributed by atoms with Crippen LogP contribution in [-0.4, -0.2) is 35.3 Å². The first-order chi connectivity index (χ1) is 7.39. The van der Waals surface area contributed by atoms with Gasteiger partial charge in [-0.15, -0.1) is 0 Å². The molecule has 1 fully saturated rings. The van der Waals surface area contributed by atoms with Crippen LogP contribution in [0.5, 0.6) is 0 Å². The van der Waals surface area contributed by atoms with Gasteiger partial charge in [0.15, 0.2) is 0 Å². The van der Waals surface area contributed by atoms with Gasteiger partial charge >= 0.3 is 0 Å². The number of hydrogen-bond donors (Lipinski definition) is 1.